The number of aliphatic hydroxyl groups is 1. The minimum atomic E-state index is -4.54. The fraction of sp³-hybridized carbons (Fsp3) is 0.571. The molecule has 1 aromatic carbocycles. The van der Waals surface area contributed by atoms with Crippen LogP contribution in [0.2, 0.25) is 0 Å². The Morgan fingerprint density at radius 1 is 1.14 bits per heavy atom. The summed E-state index contributed by atoms with van der Waals surface area (Å²) in [6.07, 6.45) is -4.76. The molecule has 0 saturated heterocycles. The summed E-state index contributed by atoms with van der Waals surface area (Å²) in [7, 11) is 0. The molecule has 0 unspecified atom stereocenters. The highest BCUT2D eigenvalue weighted by Gasteiger charge is 2.42. The van der Waals surface area contributed by atoms with Crippen molar-refractivity contribution in [3.8, 4) is 0 Å². The number of hydrogen-bond donors (Lipinski definition) is 2. The Kier molecular flexibility index (Phi) is 6.19. The summed E-state index contributed by atoms with van der Waals surface area (Å²) in [5.41, 5.74) is -1.66. The maximum Gasteiger partial charge on any atom is 0.407 e. The molecular weight excluding hydrogens is 354 g/mol. The van der Waals surface area contributed by atoms with Crippen molar-refractivity contribution < 1.29 is 22.7 Å². The lowest BCUT2D eigenvalue weighted by atomic mass is 9.99. The van der Waals surface area contributed by atoms with Gasteiger partial charge in [-0.15, -0.1) is 0 Å². The first kappa shape index (κ1) is 18.4. The Hall–Kier alpha value is -0.660. The molecule has 21 heavy (non-hydrogen) atoms. The van der Waals surface area contributed by atoms with Gasteiger partial charge in [0.05, 0.1) is 6.61 Å². The van der Waals surface area contributed by atoms with Crippen LogP contribution in [-0.4, -0.2) is 29.6 Å². The smallest absolute Gasteiger partial charge is 0.395 e. The van der Waals surface area contributed by atoms with Gasteiger partial charge in [0.25, 0.3) is 0 Å². The van der Waals surface area contributed by atoms with Gasteiger partial charge < -0.3 is 5.11 Å². The van der Waals surface area contributed by atoms with Crippen molar-refractivity contribution >= 4 is 15.9 Å². The second-order valence-electron chi connectivity index (χ2n) is 5.50. The predicted octanol–water partition coefficient (Wildman–Crippen LogP) is 4.14. The summed E-state index contributed by atoms with van der Waals surface area (Å²) >= 11 is 3.16. The van der Waals surface area contributed by atoms with Gasteiger partial charge in [0.1, 0.15) is 11.7 Å². The van der Waals surface area contributed by atoms with Crippen LogP contribution in [0.15, 0.2) is 28.7 Å². The molecule has 0 spiro atoms. The molecule has 0 radical (unpaired) electrons. The molecule has 0 fully saturated rings. The minimum absolute atomic E-state index is 0.0146. The van der Waals surface area contributed by atoms with E-state index in [2.05, 4.69) is 21.2 Å². The largest absolute Gasteiger partial charge is 0.407 e. The molecule has 0 saturated carbocycles. The maximum atomic E-state index is 13.6. The van der Waals surface area contributed by atoms with E-state index in [1.807, 2.05) is 0 Å². The van der Waals surface area contributed by atoms with Gasteiger partial charge in [-0.3, -0.25) is 5.32 Å². The highest BCUT2D eigenvalue weighted by Crippen LogP contribution is 2.34. The summed E-state index contributed by atoms with van der Waals surface area (Å²) < 4.78 is 53.8. The van der Waals surface area contributed by atoms with Crippen LogP contribution in [0.4, 0.5) is 17.6 Å². The number of hydrogen-bond acceptors (Lipinski definition) is 2. The summed E-state index contributed by atoms with van der Waals surface area (Å²) in [4.78, 5) is 0. The molecule has 7 heteroatoms. The first-order valence-electron chi connectivity index (χ1n) is 6.41. The van der Waals surface area contributed by atoms with Crippen molar-refractivity contribution in [3.63, 3.8) is 0 Å². The van der Waals surface area contributed by atoms with Crippen molar-refractivity contribution in [2.24, 2.45) is 0 Å². The third-order valence-corrected chi connectivity index (χ3v) is 3.41. The predicted molar refractivity (Wildman–Crippen MR) is 76.8 cm³/mol. The van der Waals surface area contributed by atoms with E-state index in [-0.39, 0.29) is 12.0 Å². The van der Waals surface area contributed by atoms with Gasteiger partial charge in [-0.05, 0) is 38.0 Å². The minimum Gasteiger partial charge on any atom is -0.395 e. The molecule has 120 valence electrons. The van der Waals surface area contributed by atoms with Crippen LogP contribution in [0.5, 0.6) is 0 Å². The molecule has 0 heterocycles. The number of aliphatic hydroxyl groups excluding tert-OH is 1. The first-order chi connectivity index (χ1) is 9.53. The third-order valence-electron chi connectivity index (χ3n) is 2.89. The average molecular weight is 372 g/mol. The van der Waals surface area contributed by atoms with Crippen molar-refractivity contribution in [2.75, 3.05) is 6.61 Å². The zero-order valence-corrected chi connectivity index (χ0v) is 13.3. The zero-order chi connectivity index (χ0) is 16.3. The monoisotopic (exact) mass is 371 g/mol. The lowest BCUT2D eigenvalue weighted by Crippen LogP contribution is -2.44. The molecule has 0 aromatic heterocycles. The lowest BCUT2D eigenvalue weighted by molar-refractivity contribution is -0.161. The molecule has 0 aliphatic heterocycles. The standard InChI is InChI=1S/C14H18BrF4NO/c1-13(2,16)7-11(8-21)20-12(14(17,18)19)9-3-5-10(15)6-4-9/h3-6,11-12,20-21H,7-8H2,1-2H3/t11-,12-/m0/s1. The van der Waals surface area contributed by atoms with E-state index in [1.165, 1.54) is 38.1 Å². The fourth-order valence-corrected chi connectivity index (χ4v) is 2.30. The molecule has 1 aromatic rings. The fourth-order valence-electron chi connectivity index (χ4n) is 2.03. The quantitative estimate of drug-likeness (QED) is 0.736. The summed E-state index contributed by atoms with van der Waals surface area (Å²) in [6, 6.07) is 2.74. The van der Waals surface area contributed by atoms with E-state index >= 15 is 0 Å². The molecule has 0 aliphatic carbocycles. The molecule has 2 atom stereocenters. The van der Waals surface area contributed by atoms with Crippen LogP contribution in [0.1, 0.15) is 31.9 Å². The Labute approximate surface area is 129 Å². The molecule has 0 aliphatic rings. The topological polar surface area (TPSA) is 32.3 Å². The van der Waals surface area contributed by atoms with Crippen molar-refractivity contribution in [1.82, 2.24) is 5.32 Å². The number of nitrogens with one attached hydrogen (secondary N) is 1. The molecule has 0 bridgehead atoms. The molecule has 2 N–H and O–H groups in total. The number of alkyl halides is 4. The normalized spacial score (nSPS) is 15.8. The molecular formula is C14H18BrF4NO. The van der Waals surface area contributed by atoms with Gasteiger partial charge in [0, 0.05) is 10.5 Å². The van der Waals surface area contributed by atoms with Crippen molar-refractivity contribution in [1.29, 1.82) is 0 Å². The Balaban J connectivity index is 2.96. The van der Waals surface area contributed by atoms with Crippen LogP contribution in [0.3, 0.4) is 0 Å². The van der Waals surface area contributed by atoms with Crippen LogP contribution in [0.25, 0.3) is 0 Å². The van der Waals surface area contributed by atoms with E-state index < -0.39 is 30.5 Å². The van der Waals surface area contributed by atoms with Gasteiger partial charge in [0.2, 0.25) is 0 Å². The molecule has 1 rings (SSSR count). The van der Waals surface area contributed by atoms with Gasteiger partial charge in [-0.25, -0.2) is 4.39 Å². The van der Waals surface area contributed by atoms with E-state index in [0.29, 0.717) is 4.47 Å². The van der Waals surface area contributed by atoms with Gasteiger partial charge >= 0.3 is 6.18 Å². The van der Waals surface area contributed by atoms with E-state index in [0.717, 1.165) is 0 Å². The lowest BCUT2D eigenvalue weighted by Gasteiger charge is -2.29. The van der Waals surface area contributed by atoms with Crippen LogP contribution in [-0.2, 0) is 0 Å². The highest BCUT2D eigenvalue weighted by atomic mass is 79.9. The van der Waals surface area contributed by atoms with Crippen molar-refractivity contribution in [3.05, 3.63) is 34.3 Å². The second-order valence-corrected chi connectivity index (χ2v) is 6.41. The highest BCUT2D eigenvalue weighted by molar-refractivity contribution is 9.10. The van der Waals surface area contributed by atoms with Crippen LogP contribution in [0, 0.1) is 0 Å². The average Bonchev–Trinajstić information content (AvgIpc) is 2.33. The van der Waals surface area contributed by atoms with E-state index in [9.17, 15) is 22.7 Å². The summed E-state index contributed by atoms with van der Waals surface area (Å²) in [5.74, 6) is 0. The Morgan fingerprint density at radius 2 is 1.67 bits per heavy atom. The number of benzene rings is 1. The summed E-state index contributed by atoms with van der Waals surface area (Å²) in [5, 5.41) is 11.5. The molecule has 0 amide bonds. The van der Waals surface area contributed by atoms with Gasteiger partial charge in [-0.1, -0.05) is 28.1 Å². The van der Waals surface area contributed by atoms with E-state index in [4.69, 9.17) is 0 Å². The van der Waals surface area contributed by atoms with Crippen LogP contribution < -0.4 is 5.32 Å². The second kappa shape index (κ2) is 7.07. The number of rotatable bonds is 6. The van der Waals surface area contributed by atoms with Crippen molar-refractivity contribution in [2.45, 2.75) is 44.2 Å². The zero-order valence-electron chi connectivity index (χ0n) is 11.7. The first-order valence-corrected chi connectivity index (χ1v) is 7.20. The molecule has 2 nitrogen and oxygen atoms in total. The maximum absolute atomic E-state index is 13.6. The van der Waals surface area contributed by atoms with Crippen LogP contribution >= 0.6 is 15.9 Å². The SMILES string of the molecule is CC(C)(F)C[C@@H](CO)N[C@@H](c1ccc(Br)cc1)C(F)(F)F. The van der Waals surface area contributed by atoms with E-state index in [1.54, 1.807) is 0 Å². The number of halogens is 5. The van der Waals surface area contributed by atoms with Gasteiger partial charge in [-0.2, -0.15) is 13.2 Å². The Morgan fingerprint density at radius 3 is 2.05 bits per heavy atom. The Bertz CT molecular complexity index is 442. The third kappa shape index (κ3) is 6.32. The van der Waals surface area contributed by atoms with Gasteiger partial charge in [0.15, 0.2) is 0 Å². The summed E-state index contributed by atoms with van der Waals surface area (Å²) in [6.45, 7) is 1.95.